The maximum absolute atomic E-state index is 12.4. The molecule has 2 atom stereocenters. The second-order valence-electron chi connectivity index (χ2n) is 7.78. The molecule has 2 amide bonds. The molecule has 9 heteroatoms. The molecular formula is C23H25N5O4. The number of amides is 2. The number of carbonyl (C=O) groups excluding carboxylic acids is 2. The Morgan fingerprint density at radius 2 is 1.91 bits per heavy atom. The quantitative estimate of drug-likeness (QED) is 0.460. The minimum Gasteiger partial charge on any atom is -0.388 e. The second-order valence-corrected chi connectivity index (χ2v) is 7.78. The van der Waals surface area contributed by atoms with E-state index in [0.29, 0.717) is 23.4 Å². The summed E-state index contributed by atoms with van der Waals surface area (Å²) >= 11 is 0. The molecule has 1 aliphatic rings. The van der Waals surface area contributed by atoms with Crippen molar-refractivity contribution in [3.63, 3.8) is 0 Å². The van der Waals surface area contributed by atoms with Gasteiger partial charge in [-0.15, -0.1) is 0 Å². The summed E-state index contributed by atoms with van der Waals surface area (Å²) < 4.78 is 6.68. The van der Waals surface area contributed by atoms with E-state index in [1.807, 2.05) is 37.3 Å². The van der Waals surface area contributed by atoms with Gasteiger partial charge in [-0.3, -0.25) is 9.59 Å². The van der Waals surface area contributed by atoms with Gasteiger partial charge in [-0.2, -0.15) is 5.10 Å². The lowest BCUT2D eigenvalue weighted by Crippen LogP contribution is -2.25. The number of nitrogens with one attached hydrogen (secondary N) is 1. The number of nitrogens with zero attached hydrogens (tertiary/aromatic N) is 2. The van der Waals surface area contributed by atoms with Gasteiger partial charge in [-0.25, -0.2) is 4.68 Å². The van der Waals surface area contributed by atoms with E-state index in [-0.39, 0.29) is 30.5 Å². The zero-order valence-electron chi connectivity index (χ0n) is 17.6. The van der Waals surface area contributed by atoms with Gasteiger partial charge < -0.3 is 26.6 Å². The number of aryl methyl sites for hydroxylation is 1. The predicted octanol–water partition coefficient (Wildman–Crippen LogP) is 1.40. The fraction of sp³-hybridized carbons (Fsp3) is 0.261. The molecule has 166 valence electrons. The molecule has 0 spiro atoms. The number of aromatic nitrogens is 2. The van der Waals surface area contributed by atoms with Gasteiger partial charge in [0.2, 0.25) is 0 Å². The molecule has 1 aliphatic heterocycles. The molecule has 6 N–H and O–H groups in total. The van der Waals surface area contributed by atoms with Crippen molar-refractivity contribution in [2.24, 2.45) is 5.73 Å². The van der Waals surface area contributed by atoms with E-state index < -0.39 is 18.1 Å². The maximum atomic E-state index is 12.4. The lowest BCUT2D eigenvalue weighted by molar-refractivity contribution is 0.0949. The molecule has 4 rings (SSSR count). The lowest BCUT2D eigenvalue weighted by Gasteiger charge is -2.14. The Bertz CT molecular complexity index is 1160. The van der Waals surface area contributed by atoms with Gasteiger partial charge in [-0.05, 0) is 24.1 Å². The van der Waals surface area contributed by atoms with Crippen LogP contribution in [-0.4, -0.2) is 46.0 Å². The van der Waals surface area contributed by atoms with E-state index in [4.69, 9.17) is 16.2 Å². The van der Waals surface area contributed by atoms with Crippen LogP contribution in [0.1, 0.15) is 37.9 Å². The Labute approximate surface area is 185 Å². The predicted molar refractivity (Wildman–Crippen MR) is 119 cm³/mol. The molecule has 1 saturated heterocycles. The van der Waals surface area contributed by atoms with Crippen LogP contribution in [0, 0.1) is 6.92 Å². The first-order valence-corrected chi connectivity index (χ1v) is 10.2. The minimum absolute atomic E-state index is 0.0941. The molecule has 2 unspecified atom stereocenters. The van der Waals surface area contributed by atoms with E-state index >= 15 is 0 Å². The highest BCUT2D eigenvalue weighted by Crippen LogP contribution is 2.31. The molecule has 2 aromatic carbocycles. The molecule has 2 heterocycles. The first kappa shape index (κ1) is 21.5. The number of hydrogen-bond acceptors (Lipinski definition) is 6. The topological polar surface area (TPSA) is 145 Å². The summed E-state index contributed by atoms with van der Waals surface area (Å²) in [5.74, 6) is -0.754. The standard InChI is InChI=1S/C23H25N5O4/c1-13-4-2-3-5-16(13)23(31)26-10-14-6-8-15(9-7-14)20-19(22(25)30)21(24)28(27-20)17-11-32-12-18(17)29/h2-9,17-18,29H,10-12,24H2,1H3,(H2,25,30)(H,26,31). The van der Waals surface area contributed by atoms with E-state index in [1.165, 1.54) is 4.68 Å². The third-order valence-corrected chi connectivity index (χ3v) is 5.60. The minimum atomic E-state index is -0.773. The number of carbonyl (C=O) groups is 2. The molecule has 0 radical (unpaired) electrons. The van der Waals surface area contributed by atoms with Crippen LogP contribution in [0.2, 0.25) is 0 Å². The third-order valence-electron chi connectivity index (χ3n) is 5.60. The number of aliphatic hydroxyl groups is 1. The summed E-state index contributed by atoms with van der Waals surface area (Å²) in [5.41, 5.74) is 15.2. The van der Waals surface area contributed by atoms with Crippen molar-refractivity contribution in [1.29, 1.82) is 0 Å². The summed E-state index contributed by atoms with van der Waals surface area (Å²) in [6.07, 6.45) is -0.773. The first-order valence-electron chi connectivity index (χ1n) is 10.2. The van der Waals surface area contributed by atoms with Crippen LogP contribution in [0.4, 0.5) is 5.82 Å². The molecule has 0 bridgehead atoms. The number of nitrogen functional groups attached to an aromatic ring is 1. The molecule has 0 aliphatic carbocycles. The van der Waals surface area contributed by atoms with Crippen LogP contribution in [-0.2, 0) is 11.3 Å². The lowest BCUT2D eigenvalue weighted by atomic mass is 10.0. The number of anilines is 1. The van der Waals surface area contributed by atoms with Crippen molar-refractivity contribution in [1.82, 2.24) is 15.1 Å². The van der Waals surface area contributed by atoms with Gasteiger partial charge in [0, 0.05) is 17.7 Å². The van der Waals surface area contributed by atoms with Crippen molar-refractivity contribution in [3.8, 4) is 11.3 Å². The average Bonchev–Trinajstić information content (AvgIpc) is 3.35. The van der Waals surface area contributed by atoms with E-state index in [2.05, 4.69) is 10.4 Å². The van der Waals surface area contributed by atoms with Crippen molar-refractivity contribution in [2.75, 3.05) is 18.9 Å². The van der Waals surface area contributed by atoms with Crippen LogP contribution in [0.15, 0.2) is 48.5 Å². The molecule has 0 saturated carbocycles. The van der Waals surface area contributed by atoms with E-state index in [1.54, 1.807) is 18.2 Å². The van der Waals surface area contributed by atoms with Crippen molar-refractivity contribution < 1.29 is 19.4 Å². The zero-order chi connectivity index (χ0) is 22.8. The highest BCUT2D eigenvalue weighted by Gasteiger charge is 2.33. The molecular weight excluding hydrogens is 410 g/mol. The molecule has 1 fully saturated rings. The summed E-state index contributed by atoms with van der Waals surface area (Å²) in [6, 6.07) is 14.1. The third kappa shape index (κ3) is 4.08. The molecule has 1 aromatic heterocycles. The SMILES string of the molecule is Cc1ccccc1C(=O)NCc1ccc(-c2nn(C3COCC3O)c(N)c2C(N)=O)cc1. The van der Waals surface area contributed by atoms with Gasteiger partial charge >= 0.3 is 0 Å². The molecule has 9 nitrogen and oxygen atoms in total. The number of ether oxygens (including phenoxy) is 1. The van der Waals surface area contributed by atoms with Crippen molar-refractivity contribution >= 4 is 17.6 Å². The van der Waals surface area contributed by atoms with Gasteiger partial charge in [0.15, 0.2) is 0 Å². The zero-order valence-corrected chi connectivity index (χ0v) is 17.6. The Morgan fingerprint density at radius 1 is 1.19 bits per heavy atom. The van der Waals surface area contributed by atoms with Gasteiger partial charge in [-0.1, -0.05) is 42.5 Å². The van der Waals surface area contributed by atoms with E-state index in [0.717, 1.165) is 11.1 Å². The Kier molecular flexibility index (Phi) is 5.93. The normalized spacial score (nSPS) is 17.9. The first-order chi connectivity index (χ1) is 15.4. The van der Waals surface area contributed by atoms with Crippen LogP contribution in [0.25, 0.3) is 11.3 Å². The smallest absolute Gasteiger partial charge is 0.254 e. The van der Waals surface area contributed by atoms with Gasteiger partial charge in [0.25, 0.3) is 11.8 Å². The van der Waals surface area contributed by atoms with Gasteiger partial charge in [0.05, 0.1) is 13.2 Å². The Morgan fingerprint density at radius 3 is 2.53 bits per heavy atom. The van der Waals surface area contributed by atoms with Crippen LogP contribution < -0.4 is 16.8 Å². The highest BCUT2D eigenvalue weighted by molar-refractivity contribution is 6.03. The Balaban J connectivity index is 1.54. The van der Waals surface area contributed by atoms with Crippen LogP contribution in [0.3, 0.4) is 0 Å². The molecule has 3 aromatic rings. The highest BCUT2D eigenvalue weighted by atomic mass is 16.5. The number of aliphatic hydroxyl groups excluding tert-OH is 1. The van der Waals surface area contributed by atoms with Crippen molar-refractivity contribution in [3.05, 3.63) is 70.8 Å². The summed E-state index contributed by atoms with van der Waals surface area (Å²) in [4.78, 5) is 24.5. The van der Waals surface area contributed by atoms with Gasteiger partial charge in [0.1, 0.15) is 29.2 Å². The number of nitrogens with two attached hydrogens (primary N) is 2. The fourth-order valence-corrected chi connectivity index (χ4v) is 3.80. The monoisotopic (exact) mass is 435 g/mol. The summed E-state index contributed by atoms with van der Waals surface area (Å²) in [6.45, 7) is 2.65. The molecule has 32 heavy (non-hydrogen) atoms. The maximum Gasteiger partial charge on any atom is 0.254 e. The van der Waals surface area contributed by atoms with E-state index in [9.17, 15) is 14.7 Å². The van der Waals surface area contributed by atoms with Crippen LogP contribution >= 0.6 is 0 Å². The fourth-order valence-electron chi connectivity index (χ4n) is 3.80. The summed E-state index contributed by atoms with van der Waals surface area (Å²) in [7, 11) is 0. The Hall–Kier alpha value is -3.69. The number of rotatable bonds is 6. The number of primary amides is 1. The average molecular weight is 435 g/mol. The second kappa shape index (κ2) is 8.81. The number of benzene rings is 2. The summed E-state index contributed by atoms with van der Waals surface area (Å²) in [5, 5.41) is 17.5. The number of hydrogen-bond donors (Lipinski definition) is 4. The van der Waals surface area contributed by atoms with Crippen LogP contribution in [0.5, 0.6) is 0 Å². The van der Waals surface area contributed by atoms with Crippen molar-refractivity contribution in [2.45, 2.75) is 25.6 Å². The largest absolute Gasteiger partial charge is 0.388 e.